The van der Waals surface area contributed by atoms with Gasteiger partial charge in [-0.1, -0.05) is 11.8 Å². The molecule has 8 heteroatoms. The third kappa shape index (κ3) is 4.19. The highest BCUT2D eigenvalue weighted by molar-refractivity contribution is 7.99. The van der Waals surface area contributed by atoms with Crippen LogP contribution < -0.4 is 4.74 Å². The number of amides is 1. The van der Waals surface area contributed by atoms with Crippen LogP contribution in [0, 0.1) is 0 Å². The number of carbonyl (C=O) groups excluding carboxylic acids is 1. The molecule has 1 amide bonds. The average Bonchev–Trinajstić information content (AvgIpc) is 2.99. The zero-order valence-electron chi connectivity index (χ0n) is 15.5. The van der Waals surface area contributed by atoms with Gasteiger partial charge in [-0.3, -0.25) is 4.79 Å². The molecule has 1 aromatic carbocycles. The Kier molecular flexibility index (Phi) is 5.83. The number of rotatable bonds is 5. The van der Waals surface area contributed by atoms with Crippen molar-refractivity contribution in [2.24, 2.45) is 7.05 Å². The topological polar surface area (TPSA) is 69.5 Å². The van der Waals surface area contributed by atoms with E-state index in [1.54, 1.807) is 7.11 Å². The molecule has 1 aliphatic rings. The van der Waals surface area contributed by atoms with E-state index in [-0.39, 0.29) is 18.1 Å². The van der Waals surface area contributed by atoms with Crippen molar-refractivity contribution in [1.82, 2.24) is 19.7 Å². The molecule has 140 valence electrons. The van der Waals surface area contributed by atoms with Crippen molar-refractivity contribution in [1.29, 1.82) is 0 Å². The standard InChI is InChI=1S/C18H24N4O3S/c1-12-9-22(10-13(2)25-12)16(23)11-26-18-20-19-17(21(18)3)14-5-7-15(24-4)8-6-14/h5-8,12-13H,9-11H2,1-4H3/t12-,13+. The van der Waals surface area contributed by atoms with Gasteiger partial charge in [-0.15, -0.1) is 10.2 Å². The van der Waals surface area contributed by atoms with Gasteiger partial charge < -0.3 is 18.9 Å². The fourth-order valence-electron chi connectivity index (χ4n) is 3.03. The Morgan fingerprint density at radius 2 is 1.88 bits per heavy atom. The molecule has 2 aromatic rings. The number of methoxy groups -OCH3 is 1. The minimum atomic E-state index is 0.0733. The molecule has 0 saturated carbocycles. The summed E-state index contributed by atoms with van der Waals surface area (Å²) >= 11 is 1.41. The van der Waals surface area contributed by atoms with Crippen molar-refractivity contribution >= 4 is 17.7 Å². The largest absolute Gasteiger partial charge is 0.497 e. The first-order valence-electron chi connectivity index (χ1n) is 8.57. The normalized spacial score (nSPS) is 20.2. The monoisotopic (exact) mass is 376 g/mol. The molecule has 0 spiro atoms. The highest BCUT2D eigenvalue weighted by Gasteiger charge is 2.26. The molecule has 2 atom stereocenters. The fraction of sp³-hybridized carbons (Fsp3) is 0.500. The number of hydrogen-bond acceptors (Lipinski definition) is 6. The van der Waals surface area contributed by atoms with Crippen molar-refractivity contribution in [2.45, 2.75) is 31.2 Å². The van der Waals surface area contributed by atoms with Crippen LogP contribution >= 0.6 is 11.8 Å². The molecular weight excluding hydrogens is 352 g/mol. The van der Waals surface area contributed by atoms with E-state index in [1.165, 1.54) is 11.8 Å². The zero-order chi connectivity index (χ0) is 18.7. The lowest BCUT2D eigenvalue weighted by atomic mass is 10.2. The molecule has 0 N–H and O–H groups in total. The Labute approximate surface area is 157 Å². The van der Waals surface area contributed by atoms with Crippen LogP contribution in [0.3, 0.4) is 0 Å². The van der Waals surface area contributed by atoms with Crippen LogP contribution in [-0.2, 0) is 16.6 Å². The van der Waals surface area contributed by atoms with Gasteiger partial charge in [0.2, 0.25) is 5.91 Å². The van der Waals surface area contributed by atoms with Gasteiger partial charge in [-0.2, -0.15) is 0 Å². The Hall–Kier alpha value is -2.06. The molecule has 1 saturated heterocycles. The Morgan fingerprint density at radius 1 is 1.23 bits per heavy atom. The molecule has 0 unspecified atom stereocenters. The molecule has 7 nitrogen and oxygen atoms in total. The number of thioether (sulfide) groups is 1. The second-order valence-corrected chi connectivity index (χ2v) is 7.38. The summed E-state index contributed by atoms with van der Waals surface area (Å²) in [6.07, 6.45) is 0.147. The fourth-order valence-corrected chi connectivity index (χ4v) is 3.84. The van der Waals surface area contributed by atoms with Crippen LogP contribution in [-0.4, -0.2) is 63.7 Å². The van der Waals surface area contributed by atoms with E-state index in [2.05, 4.69) is 10.2 Å². The summed E-state index contributed by atoms with van der Waals surface area (Å²) in [6.45, 7) is 5.26. The second-order valence-electron chi connectivity index (χ2n) is 6.44. The third-order valence-electron chi connectivity index (χ3n) is 4.28. The highest BCUT2D eigenvalue weighted by Crippen LogP contribution is 2.25. The van der Waals surface area contributed by atoms with E-state index in [9.17, 15) is 4.79 Å². The Balaban J connectivity index is 1.63. The summed E-state index contributed by atoms with van der Waals surface area (Å²) in [5, 5.41) is 9.21. The molecule has 26 heavy (non-hydrogen) atoms. The Bertz CT molecular complexity index is 752. The van der Waals surface area contributed by atoms with Crippen LogP contribution in [0.4, 0.5) is 0 Å². The summed E-state index contributed by atoms with van der Waals surface area (Å²) in [7, 11) is 3.55. The van der Waals surface area contributed by atoms with E-state index in [0.717, 1.165) is 22.3 Å². The average molecular weight is 376 g/mol. The first-order valence-corrected chi connectivity index (χ1v) is 9.56. The summed E-state index contributed by atoms with van der Waals surface area (Å²) in [5.41, 5.74) is 0.954. The maximum Gasteiger partial charge on any atom is 0.233 e. The predicted octanol–water partition coefficient (Wildman–Crippen LogP) is 2.22. The molecule has 0 bridgehead atoms. The van der Waals surface area contributed by atoms with Crippen molar-refractivity contribution < 1.29 is 14.3 Å². The van der Waals surface area contributed by atoms with E-state index in [1.807, 2.05) is 54.6 Å². The molecule has 3 rings (SSSR count). The number of morpholine rings is 1. The van der Waals surface area contributed by atoms with Crippen molar-refractivity contribution in [3.05, 3.63) is 24.3 Å². The van der Waals surface area contributed by atoms with E-state index in [4.69, 9.17) is 9.47 Å². The van der Waals surface area contributed by atoms with Crippen LogP contribution in [0.2, 0.25) is 0 Å². The first kappa shape index (κ1) is 18.7. The van der Waals surface area contributed by atoms with Gasteiger partial charge in [0.15, 0.2) is 11.0 Å². The Morgan fingerprint density at radius 3 is 2.50 bits per heavy atom. The quantitative estimate of drug-likeness (QED) is 0.746. The number of aromatic nitrogens is 3. The minimum absolute atomic E-state index is 0.0733. The van der Waals surface area contributed by atoms with Crippen molar-refractivity contribution in [3.63, 3.8) is 0 Å². The smallest absolute Gasteiger partial charge is 0.233 e. The molecule has 2 heterocycles. The molecular formula is C18H24N4O3S. The number of nitrogens with zero attached hydrogens (tertiary/aromatic N) is 4. The predicted molar refractivity (Wildman–Crippen MR) is 100 cm³/mol. The van der Waals surface area contributed by atoms with Gasteiger partial charge in [0.1, 0.15) is 5.75 Å². The second kappa shape index (κ2) is 8.09. The van der Waals surface area contributed by atoms with Crippen LogP contribution in [0.15, 0.2) is 29.4 Å². The van der Waals surface area contributed by atoms with Crippen molar-refractivity contribution in [3.8, 4) is 17.1 Å². The van der Waals surface area contributed by atoms with E-state index in [0.29, 0.717) is 18.8 Å². The highest BCUT2D eigenvalue weighted by atomic mass is 32.2. The first-order chi connectivity index (χ1) is 12.5. The summed E-state index contributed by atoms with van der Waals surface area (Å²) in [5.74, 6) is 2.00. The SMILES string of the molecule is COc1ccc(-c2nnc(SCC(=O)N3C[C@@H](C)O[C@@H](C)C3)n2C)cc1. The van der Waals surface area contributed by atoms with Gasteiger partial charge in [-0.05, 0) is 38.1 Å². The molecule has 1 aromatic heterocycles. The summed E-state index contributed by atoms with van der Waals surface area (Å²) in [6, 6.07) is 7.67. The number of hydrogen-bond donors (Lipinski definition) is 0. The summed E-state index contributed by atoms with van der Waals surface area (Å²) in [4.78, 5) is 14.4. The molecule has 1 aliphatic heterocycles. The van der Waals surface area contributed by atoms with Gasteiger partial charge in [0, 0.05) is 25.7 Å². The maximum atomic E-state index is 12.5. The zero-order valence-corrected chi connectivity index (χ0v) is 16.3. The lowest BCUT2D eigenvalue weighted by Crippen LogP contribution is -2.48. The van der Waals surface area contributed by atoms with Gasteiger partial charge >= 0.3 is 0 Å². The van der Waals surface area contributed by atoms with E-state index < -0.39 is 0 Å². The van der Waals surface area contributed by atoms with Crippen LogP contribution in [0.5, 0.6) is 5.75 Å². The number of benzene rings is 1. The lowest BCUT2D eigenvalue weighted by Gasteiger charge is -2.35. The molecule has 1 fully saturated rings. The third-order valence-corrected chi connectivity index (χ3v) is 5.29. The molecule has 0 radical (unpaired) electrons. The minimum Gasteiger partial charge on any atom is -0.497 e. The van der Waals surface area contributed by atoms with Gasteiger partial charge in [0.05, 0.1) is 25.1 Å². The van der Waals surface area contributed by atoms with Crippen LogP contribution in [0.25, 0.3) is 11.4 Å². The molecule has 0 aliphatic carbocycles. The number of carbonyl (C=O) groups is 1. The number of ether oxygens (including phenoxy) is 2. The lowest BCUT2D eigenvalue weighted by molar-refractivity contribution is -0.140. The van der Waals surface area contributed by atoms with Crippen LogP contribution in [0.1, 0.15) is 13.8 Å². The summed E-state index contributed by atoms with van der Waals surface area (Å²) < 4.78 is 12.8. The van der Waals surface area contributed by atoms with E-state index >= 15 is 0 Å². The van der Waals surface area contributed by atoms with Gasteiger partial charge in [0.25, 0.3) is 0 Å². The van der Waals surface area contributed by atoms with Gasteiger partial charge in [-0.25, -0.2) is 0 Å². The van der Waals surface area contributed by atoms with Crippen molar-refractivity contribution in [2.75, 3.05) is 26.0 Å². The maximum absolute atomic E-state index is 12.5.